The third-order valence-corrected chi connectivity index (χ3v) is 3.53. The van der Waals surface area contributed by atoms with Gasteiger partial charge in [0.1, 0.15) is 5.69 Å². The molecule has 21 heavy (non-hydrogen) atoms. The zero-order chi connectivity index (χ0) is 14.7. The zero-order valence-corrected chi connectivity index (χ0v) is 11.4. The van der Waals surface area contributed by atoms with Crippen molar-refractivity contribution in [2.75, 3.05) is 19.7 Å². The van der Waals surface area contributed by atoms with Gasteiger partial charge in [-0.15, -0.1) is 0 Å². The summed E-state index contributed by atoms with van der Waals surface area (Å²) in [5, 5.41) is 15.4. The second-order valence-electron chi connectivity index (χ2n) is 4.96. The van der Waals surface area contributed by atoms with Crippen LogP contribution < -0.4 is 0 Å². The topological polar surface area (TPSA) is 91.3 Å². The zero-order valence-electron chi connectivity index (χ0n) is 11.4. The second kappa shape index (κ2) is 6.02. The van der Waals surface area contributed by atoms with Crippen LogP contribution in [0.25, 0.3) is 0 Å². The highest BCUT2D eigenvalue weighted by atomic mass is 16.5. The third kappa shape index (κ3) is 3.09. The van der Waals surface area contributed by atoms with Gasteiger partial charge in [0.15, 0.2) is 0 Å². The molecule has 2 aromatic rings. The number of carboxylic acids is 1. The normalized spacial score (nSPS) is 19.5. The van der Waals surface area contributed by atoms with E-state index in [4.69, 9.17) is 9.84 Å². The summed E-state index contributed by atoms with van der Waals surface area (Å²) >= 11 is 0. The van der Waals surface area contributed by atoms with Gasteiger partial charge in [-0.3, -0.25) is 15.0 Å². The van der Waals surface area contributed by atoms with Gasteiger partial charge in [0, 0.05) is 43.2 Å². The van der Waals surface area contributed by atoms with Crippen LogP contribution in [-0.2, 0) is 11.3 Å². The number of carbonyl (C=O) groups is 1. The van der Waals surface area contributed by atoms with Crippen molar-refractivity contribution in [1.82, 2.24) is 20.1 Å². The van der Waals surface area contributed by atoms with E-state index >= 15 is 0 Å². The van der Waals surface area contributed by atoms with Crippen molar-refractivity contribution in [3.63, 3.8) is 0 Å². The summed E-state index contributed by atoms with van der Waals surface area (Å²) in [5.74, 6) is -0.987. The number of nitrogens with one attached hydrogen (secondary N) is 1. The number of carboxylic acid groups (broad SMARTS) is 1. The highest BCUT2D eigenvalue weighted by Gasteiger charge is 2.24. The van der Waals surface area contributed by atoms with Crippen LogP contribution in [0.5, 0.6) is 0 Å². The molecule has 2 aromatic heterocycles. The van der Waals surface area contributed by atoms with E-state index in [0.717, 1.165) is 12.1 Å². The molecule has 1 aliphatic rings. The van der Waals surface area contributed by atoms with Crippen LogP contribution in [0, 0.1) is 0 Å². The Hall–Kier alpha value is -2.25. The maximum atomic E-state index is 11.1. The Labute approximate surface area is 121 Å². The van der Waals surface area contributed by atoms with E-state index < -0.39 is 5.97 Å². The fraction of sp³-hybridized carbons (Fsp3) is 0.357. The Kier molecular flexibility index (Phi) is 3.94. The summed E-state index contributed by atoms with van der Waals surface area (Å²) in [6.07, 6.45) is 5.06. The standard InChI is InChI=1S/C14H16N4O3/c19-14(20)13-11(7-16-17-13)8-18-4-5-21-12(9-18)10-2-1-3-15-6-10/h1-3,6-7,12H,4-5,8-9H2,(H,16,17)(H,19,20)/t12-/m0/s1. The van der Waals surface area contributed by atoms with E-state index in [1.54, 1.807) is 18.6 Å². The lowest BCUT2D eigenvalue weighted by atomic mass is 10.1. The summed E-state index contributed by atoms with van der Waals surface area (Å²) in [5.41, 5.74) is 1.88. The van der Waals surface area contributed by atoms with E-state index in [1.165, 1.54) is 0 Å². The molecule has 0 unspecified atom stereocenters. The highest BCUT2D eigenvalue weighted by Crippen LogP contribution is 2.22. The van der Waals surface area contributed by atoms with E-state index in [1.807, 2.05) is 12.1 Å². The first-order valence-corrected chi connectivity index (χ1v) is 6.73. The molecule has 1 atom stereocenters. The minimum absolute atomic E-state index is 0.0346. The molecule has 0 aliphatic carbocycles. The van der Waals surface area contributed by atoms with Gasteiger partial charge in [0.25, 0.3) is 0 Å². The molecule has 0 aromatic carbocycles. The molecule has 3 rings (SSSR count). The minimum Gasteiger partial charge on any atom is -0.477 e. The number of morpholine rings is 1. The monoisotopic (exact) mass is 288 g/mol. The first-order valence-electron chi connectivity index (χ1n) is 6.73. The smallest absolute Gasteiger partial charge is 0.354 e. The van der Waals surface area contributed by atoms with Crippen LogP contribution >= 0.6 is 0 Å². The fourth-order valence-corrected chi connectivity index (χ4v) is 2.47. The van der Waals surface area contributed by atoms with E-state index in [2.05, 4.69) is 20.1 Å². The molecule has 0 saturated carbocycles. The Morgan fingerprint density at radius 2 is 2.43 bits per heavy atom. The second-order valence-corrected chi connectivity index (χ2v) is 4.96. The largest absolute Gasteiger partial charge is 0.477 e. The maximum absolute atomic E-state index is 11.1. The van der Waals surface area contributed by atoms with Crippen molar-refractivity contribution in [2.24, 2.45) is 0 Å². The molecule has 110 valence electrons. The number of nitrogens with zero attached hydrogens (tertiary/aromatic N) is 3. The first kappa shape index (κ1) is 13.7. The number of hydrogen-bond acceptors (Lipinski definition) is 5. The van der Waals surface area contributed by atoms with Crippen LogP contribution in [0.3, 0.4) is 0 Å². The predicted octanol–water partition coefficient (Wildman–Crippen LogP) is 1.08. The van der Waals surface area contributed by atoms with Crippen LogP contribution in [0.2, 0.25) is 0 Å². The van der Waals surface area contributed by atoms with Gasteiger partial charge >= 0.3 is 5.97 Å². The first-order chi connectivity index (χ1) is 10.2. The molecule has 7 nitrogen and oxygen atoms in total. The number of hydrogen-bond donors (Lipinski definition) is 2. The molecule has 2 N–H and O–H groups in total. The Bertz CT molecular complexity index is 614. The lowest BCUT2D eigenvalue weighted by molar-refractivity contribution is -0.0331. The molecule has 0 spiro atoms. The highest BCUT2D eigenvalue weighted by molar-refractivity contribution is 5.86. The summed E-state index contributed by atoms with van der Waals surface area (Å²) < 4.78 is 5.77. The predicted molar refractivity (Wildman–Crippen MR) is 73.8 cm³/mol. The van der Waals surface area contributed by atoms with E-state index in [-0.39, 0.29) is 11.8 Å². The van der Waals surface area contributed by atoms with Crippen LogP contribution in [-0.4, -0.2) is 50.9 Å². The van der Waals surface area contributed by atoms with Crippen LogP contribution in [0.15, 0.2) is 30.7 Å². The van der Waals surface area contributed by atoms with Crippen LogP contribution in [0.4, 0.5) is 0 Å². The van der Waals surface area contributed by atoms with Gasteiger partial charge in [0.05, 0.1) is 18.9 Å². The maximum Gasteiger partial charge on any atom is 0.354 e. The minimum atomic E-state index is -0.987. The quantitative estimate of drug-likeness (QED) is 0.874. The van der Waals surface area contributed by atoms with Crippen molar-refractivity contribution in [3.05, 3.63) is 47.5 Å². The molecule has 7 heteroatoms. The van der Waals surface area contributed by atoms with Crippen molar-refractivity contribution < 1.29 is 14.6 Å². The Morgan fingerprint density at radius 1 is 1.52 bits per heavy atom. The number of ether oxygens (including phenoxy) is 1. The SMILES string of the molecule is O=C(O)c1[nH]ncc1CN1CCO[C@H](c2cccnc2)C1. The summed E-state index contributed by atoms with van der Waals surface area (Å²) in [6.45, 7) is 2.62. The Balaban J connectivity index is 1.69. The van der Waals surface area contributed by atoms with Gasteiger partial charge in [-0.1, -0.05) is 6.07 Å². The number of aromatic nitrogens is 3. The van der Waals surface area contributed by atoms with Gasteiger partial charge < -0.3 is 9.84 Å². The summed E-state index contributed by atoms with van der Waals surface area (Å²) in [4.78, 5) is 17.4. The van der Waals surface area contributed by atoms with Crippen molar-refractivity contribution in [2.45, 2.75) is 12.6 Å². The van der Waals surface area contributed by atoms with Crippen molar-refractivity contribution in [1.29, 1.82) is 0 Å². The third-order valence-electron chi connectivity index (χ3n) is 3.53. The molecule has 1 fully saturated rings. The number of pyridine rings is 1. The van der Waals surface area contributed by atoms with Crippen molar-refractivity contribution >= 4 is 5.97 Å². The van der Waals surface area contributed by atoms with Crippen molar-refractivity contribution in [3.8, 4) is 0 Å². The molecular formula is C14H16N4O3. The number of aromatic carboxylic acids is 1. The van der Waals surface area contributed by atoms with E-state index in [9.17, 15) is 4.79 Å². The average molecular weight is 288 g/mol. The van der Waals surface area contributed by atoms with Gasteiger partial charge in [-0.25, -0.2) is 4.79 Å². The van der Waals surface area contributed by atoms with Crippen LogP contribution in [0.1, 0.15) is 27.7 Å². The lowest BCUT2D eigenvalue weighted by Crippen LogP contribution is -2.38. The molecule has 1 saturated heterocycles. The summed E-state index contributed by atoms with van der Waals surface area (Å²) in [6, 6.07) is 3.87. The van der Waals surface area contributed by atoms with Gasteiger partial charge in [-0.2, -0.15) is 5.10 Å². The average Bonchev–Trinajstić information content (AvgIpc) is 2.97. The summed E-state index contributed by atoms with van der Waals surface area (Å²) in [7, 11) is 0. The molecule has 0 bridgehead atoms. The van der Waals surface area contributed by atoms with Gasteiger partial charge in [0.2, 0.25) is 0 Å². The van der Waals surface area contributed by atoms with Gasteiger partial charge in [-0.05, 0) is 6.07 Å². The molecule has 1 aliphatic heterocycles. The number of H-pyrrole nitrogens is 1. The number of rotatable bonds is 4. The number of aromatic amines is 1. The molecule has 0 amide bonds. The lowest BCUT2D eigenvalue weighted by Gasteiger charge is -2.32. The molecule has 0 radical (unpaired) electrons. The fourth-order valence-electron chi connectivity index (χ4n) is 2.47. The molecule has 3 heterocycles. The Morgan fingerprint density at radius 3 is 3.19 bits per heavy atom. The van der Waals surface area contributed by atoms with E-state index in [0.29, 0.717) is 25.3 Å². The molecular weight excluding hydrogens is 272 g/mol.